The van der Waals surface area contributed by atoms with Crippen LogP contribution in [0.2, 0.25) is 0 Å². The van der Waals surface area contributed by atoms with Gasteiger partial charge in [0.05, 0.1) is 4.92 Å². The fourth-order valence-electron chi connectivity index (χ4n) is 2.33. The molecule has 0 amide bonds. The number of aromatic nitrogens is 2. The fraction of sp³-hybridized carbons (Fsp3) is 0.333. The predicted octanol–water partition coefficient (Wildman–Crippen LogP) is 3.14. The summed E-state index contributed by atoms with van der Waals surface area (Å²) in [6.07, 6.45) is 0.904. The van der Waals surface area contributed by atoms with Crippen molar-refractivity contribution in [3.05, 3.63) is 45.6 Å². The molecule has 0 unspecified atom stereocenters. The number of aryl methyl sites for hydroxylation is 1. The van der Waals surface area contributed by atoms with Crippen LogP contribution in [0.25, 0.3) is 11.3 Å². The number of benzene rings is 1. The molecule has 0 spiro atoms. The van der Waals surface area contributed by atoms with E-state index in [1.165, 1.54) is 0 Å². The van der Waals surface area contributed by atoms with Gasteiger partial charge in [0.2, 0.25) is 5.95 Å². The molecular weight excluding hydrogens is 268 g/mol. The van der Waals surface area contributed by atoms with Crippen molar-refractivity contribution in [3.8, 4) is 11.3 Å². The maximum Gasteiger partial charge on any atom is 0.316 e. The Labute approximate surface area is 123 Å². The van der Waals surface area contributed by atoms with Gasteiger partial charge in [0.1, 0.15) is 5.69 Å². The molecule has 2 N–H and O–H groups in total. The molecule has 1 heterocycles. The van der Waals surface area contributed by atoms with Gasteiger partial charge in [-0.1, -0.05) is 32.0 Å². The molecule has 0 aliphatic heterocycles. The molecule has 0 saturated carbocycles. The number of hydrogen-bond donors (Lipinski definition) is 1. The molecule has 2 rings (SSSR count). The van der Waals surface area contributed by atoms with Crippen LogP contribution in [0.15, 0.2) is 24.3 Å². The van der Waals surface area contributed by atoms with Crippen LogP contribution in [-0.2, 0) is 6.42 Å². The normalized spacial score (nSPS) is 10.9. The van der Waals surface area contributed by atoms with Crippen LogP contribution in [0.4, 0.5) is 11.6 Å². The average molecular weight is 286 g/mol. The monoisotopic (exact) mass is 286 g/mol. The Bertz CT molecular complexity index is 683. The summed E-state index contributed by atoms with van der Waals surface area (Å²) in [5.74, 6) is 0.551. The van der Waals surface area contributed by atoms with Crippen molar-refractivity contribution in [1.82, 2.24) is 9.97 Å². The molecule has 0 fully saturated rings. The molecule has 6 nitrogen and oxygen atoms in total. The maximum absolute atomic E-state index is 11.3. The van der Waals surface area contributed by atoms with Gasteiger partial charge in [0.25, 0.3) is 0 Å². The second kappa shape index (κ2) is 5.87. The molecule has 0 aliphatic rings. The molecule has 0 atom stereocenters. The maximum atomic E-state index is 11.3. The van der Waals surface area contributed by atoms with E-state index in [0.717, 1.165) is 12.0 Å². The molecule has 21 heavy (non-hydrogen) atoms. The van der Waals surface area contributed by atoms with E-state index in [9.17, 15) is 10.1 Å². The zero-order chi connectivity index (χ0) is 15.6. The van der Waals surface area contributed by atoms with Crippen LogP contribution < -0.4 is 5.73 Å². The molecule has 0 saturated heterocycles. The van der Waals surface area contributed by atoms with Gasteiger partial charge >= 0.3 is 5.69 Å². The Kier molecular flexibility index (Phi) is 4.16. The number of nitrogens with zero attached hydrogens (tertiary/aromatic N) is 3. The highest BCUT2D eigenvalue weighted by Gasteiger charge is 2.22. The first-order valence-electron chi connectivity index (χ1n) is 6.76. The minimum Gasteiger partial charge on any atom is -0.368 e. The van der Waals surface area contributed by atoms with Crippen LogP contribution in [0.3, 0.4) is 0 Å². The molecule has 2 aromatic rings. The second-order valence-corrected chi connectivity index (χ2v) is 5.42. The van der Waals surface area contributed by atoms with Crippen molar-refractivity contribution >= 4 is 11.6 Å². The molecular formula is C15H18N4O2. The zero-order valence-electron chi connectivity index (χ0n) is 12.3. The van der Waals surface area contributed by atoms with E-state index in [1.54, 1.807) is 13.0 Å². The lowest BCUT2D eigenvalue weighted by Crippen LogP contribution is -2.05. The Morgan fingerprint density at radius 1 is 1.33 bits per heavy atom. The third-order valence-electron chi connectivity index (χ3n) is 3.10. The van der Waals surface area contributed by atoms with E-state index < -0.39 is 4.92 Å². The average Bonchev–Trinajstić information content (AvgIpc) is 2.36. The molecule has 0 aliphatic carbocycles. The van der Waals surface area contributed by atoms with Crippen LogP contribution in [0, 0.1) is 23.0 Å². The minimum absolute atomic E-state index is 0.0439. The van der Waals surface area contributed by atoms with Crippen molar-refractivity contribution in [3.63, 3.8) is 0 Å². The van der Waals surface area contributed by atoms with E-state index in [4.69, 9.17) is 5.73 Å². The minimum atomic E-state index is -0.459. The van der Waals surface area contributed by atoms with E-state index in [2.05, 4.69) is 23.8 Å². The molecule has 110 valence electrons. The molecule has 1 aromatic heterocycles. The SMILES string of the molecule is Cc1nc(N)nc(-c2cccc(CC(C)C)c2)c1[N+](=O)[O-]. The first-order valence-corrected chi connectivity index (χ1v) is 6.76. The van der Waals surface area contributed by atoms with Crippen LogP contribution in [0.1, 0.15) is 25.1 Å². The van der Waals surface area contributed by atoms with Crippen LogP contribution >= 0.6 is 0 Å². The summed E-state index contributed by atoms with van der Waals surface area (Å²) in [5, 5.41) is 11.3. The highest BCUT2D eigenvalue weighted by molar-refractivity contribution is 5.72. The Morgan fingerprint density at radius 2 is 2.05 bits per heavy atom. The number of anilines is 1. The lowest BCUT2D eigenvalue weighted by Gasteiger charge is -2.09. The van der Waals surface area contributed by atoms with Gasteiger partial charge in [0, 0.05) is 5.56 Å². The first-order chi connectivity index (χ1) is 9.88. The fourth-order valence-corrected chi connectivity index (χ4v) is 2.33. The van der Waals surface area contributed by atoms with E-state index in [1.807, 2.05) is 18.2 Å². The highest BCUT2D eigenvalue weighted by atomic mass is 16.6. The summed E-state index contributed by atoms with van der Waals surface area (Å²) < 4.78 is 0. The van der Waals surface area contributed by atoms with Gasteiger partial charge in [-0.05, 0) is 30.9 Å². The summed E-state index contributed by atoms with van der Waals surface area (Å²) in [7, 11) is 0. The van der Waals surface area contributed by atoms with Gasteiger partial charge in [-0.25, -0.2) is 9.97 Å². The third-order valence-corrected chi connectivity index (χ3v) is 3.10. The Hall–Kier alpha value is -2.50. The highest BCUT2D eigenvalue weighted by Crippen LogP contribution is 2.31. The van der Waals surface area contributed by atoms with Crippen molar-refractivity contribution < 1.29 is 4.92 Å². The van der Waals surface area contributed by atoms with Crippen molar-refractivity contribution in [2.75, 3.05) is 5.73 Å². The van der Waals surface area contributed by atoms with Gasteiger partial charge in [0.15, 0.2) is 5.69 Å². The predicted molar refractivity (Wildman–Crippen MR) is 81.8 cm³/mol. The molecule has 1 aromatic carbocycles. The summed E-state index contributed by atoms with van der Waals surface area (Å²) >= 11 is 0. The zero-order valence-corrected chi connectivity index (χ0v) is 12.3. The standard InChI is InChI=1S/C15H18N4O2/c1-9(2)7-11-5-4-6-12(8-11)13-14(19(20)21)10(3)17-15(16)18-13/h4-6,8-9H,7H2,1-3H3,(H2,16,17,18). The lowest BCUT2D eigenvalue weighted by molar-refractivity contribution is -0.385. The Balaban J connectivity index is 2.58. The number of nitro groups is 1. The van der Waals surface area contributed by atoms with Gasteiger partial charge < -0.3 is 5.73 Å². The van der Waals surface area contributed by atoms with Crippen LogP contribution in [-0.4, -0.2) is 14.9 Å². The van der Waals surface area contributed by atoms with Crippen molar-refractivity contribution in [1.29, 1.82) is 0 Å². The number of rotatable bonds is 4. The molecule has 0 radical (unpaired) electrons. The third kappa shape index (κ3) is 3.34. The summed E-state index contributed by atoms with van der Waals surface area (Å²) in [5.41, 5.74) is 7.91. The lowest BCUT2D eigenvalue weighted by atomic mass is 9.99. The number of nitrogens with two attached hydrogens (primary N) is 1. The van der Waals surface area contributed by atoms with Crippen molar-refractivity contribution in [2.45, 2.75) is 27.2 Å². The van der Waals surface area contributed by atoms with Gasteiger partial charge in [-0.15, -0.1) is 0 Å². The number of nitrogen functional groups attached to an aromatic ring is 1. The smallest absolute Gasteiger partial charge is 0.316 e. The topological polar surface area (TPSA) is 94.9 Å². The number of hydrogen-bond acceptors (Lipinski definition) is 5. The largest absolute Gasteiger partial charge is 0.368 e. The summed E-state index contributed by atoms with van der Waals surface area (Å²) in [6.45, 7) is 5.82. The Morgan fingerprint density at radius 3 is 2.67 bits per heavy atom. The summed E-state index contributed by atoms with van der Waals surface area (Å²) in [6, 6.07) is 7.61. The summed E-state index contributed by atoms with van der Waals surface area (Å²) in [4.78, 5) is 18.8. The first kappa shape index (κ1) is 14.9. The molecule has 6 heteroatoms. The van der Waals surface area contributed by atoms with E-state index in [-0.39, 0.29) is 23.0 Å². The molecule has 0 bridgehead atoms. The van der Waals surface area contributed by atoms with E-state index >= 15 is 0 Å². The van der Waals surface area contributed by atoms with Crippen molar-refractivity contribution in [2.24, 2.45) is 5.92 Å². The van der Waals surface area contributed by atoms with Gasteiger partial charge in [-0.3, -0.25) is 10.1 Å². The van der Waals surface area contributed by atoms with Gasteiger partial charge in [-0.2, -0.15) is 0 Å². The second-order valence-electron chi connectivity index (χ2n) is 5.42. The van der Waals surface area contributed by atoms with Crippen LogP contribution in [0.5, 0.6) is 0 Å². The quantitative estimate of drug-likeness (QED) is 0.688. The van der Waals surface area contributed by atoms with E-state index in [0.29, 0.717) is 11.5 Å².